The second-order valence-electron chi connectivity index (χ2n) is 4.24. The van der Waals surface area contributed by atoms with Gasteiger partial charge >= 0.3 is 0 Å². The fourth-order valence-electron chi connectivity index (χ4n) is 2.01. The highest BCUT2D eigenvalue weighted by molar-refractivity contribution is 4.76. The van der Waals surface area contributed by atoms with E-state index in [2.05, 4.69) is 26.1 Å². The van der Waals surface area contributed by atoms with Gasteiger partial charge in [0.1, 0.15) is 0 Å². The van der Waals surface area contributed by atoms with E-state index >= 15 is 0 Å². The van der Waals surface area contributed by atoms with Gasteiger partial charge in [0.15, 0.2) is 0 Å². The van der Waals surface area contributed by atoms with Crippen LogP contribution in [0.4, 0.5) is 0 Å². The van der Waals surface area contributed by atoms with Crippen molar-refractivity contribution < 1.29 is 4.74 Å². The van der Waals surface area contributed by atoms with Crippen molar-refractivity contribution in [1.29, 1.82) is 0 Å². The lowest BCUT2D eigenvalue weighted by molar-refractivity contribution is -0.0273. The van der Waals surface area contributed by atoms with Gasteiger partial charge in [-0.25, -0.2) is 0 Å². The predicted molar refractivity (Wildman–Crippen MR) is 55.9 cm³/mol. The summed E-state index contributed by atoms with van der Waals surface area (Å²) in [6.07, 6.45) is 5.71. The Balaban J connectivity index is 2.19. The molecule has 2 heteroatoms. The summed E-state index contributed by atoms with van der Waals surface area (Å²) in [7, 11) is 0. The largest absolute Gasteiger partial charge is 0.375 e. The van der Waals surface area contributed by atoms with Crippen molar-refractivity contribution in [3.8, 4) is 0 Å². The van der Waals surface area contributed by atoms with E-state index in [9.17, 15) is 0 Å². The molecule has 0 spiro atoms. The summed E-state index contributed by atoms with van der Waals surface area (Å²) in [5, 5.41) is 3.44. The Morgan fingerprint density at radius 2 is 2.31 bits per heavy atom. The van der Waals surface area contributed by atoms with Gasteiger partial charge in [-0.2, -0.15) is 0 Å². The van der Waals surface area contributed by atoms with Crippen LogP contribution in [-0.2, 0) is 4.74 Å². The van der Waals surface area contributed by atoms with Gasteiger partial charge in [0, 0.05) is 6.04 Å². The molecule has 3 unspecified atom stereocenters. The van der Waals surface area contributed by atoms with Crippen LogP contribution in [0.5, 0.6) is 0 Å². The molecule has 1 rings (SSSR count). The van der Waals surface area contributed by atoms with Crippen LogP contribution in [0.2, 0.25) is 0 Å². The summed E-state index contributed by atoms with van der Waals surface area (Å²) in [6.45, 7) is 7.76. The molecule has 0 aliphatic carbocycles. The lowest BCUT2D eigenvalue weighted by Gasteiger charge is -2.30. The molecule has 0 aromatic heterocycles. The number of nitrogens with one attached hydrogen (secondary N) is 1. The third kappa shape index (κ3) is 4.10. The minimum Gasteiger partial charge on any atom is -0.375 e. The summed E-state index contributed by atoms with van der Waals surface area (Å²) < 4.78 is 5.96. The minimum absolute atomic E-state index is 0.445. The molecule has 1 saturated heterocycles. The second-order valence-corrected chi connectivity index (χ2v) is 4.24. The molecule has 1 N–H and O–H groups in total. The van der Waals surface area contributed by atoms with Crippen LogP contribution >= 0.6 is 0 Å². The first-order valence-corrected chi connectivity index (χ1v) is 5.61. The molecule has 0 aromatic carbocycles. The van der Waals surface area contributed by atoms with Gasteiger partial charge in [-0.05, 0) is 39.7 Å². The Morgan fingerprint density at radius 1 is 1.54 bits per heavy atom. The van der Waals surface area contributed by atoms with Gasteiger partial charge in [0.25, 0.3) is 0 Å². The van der Waals surface area contributed by atoms with Crippen molar-refractivity contribution in [1.82, 2.24) is 5.32 Å². The maximum Gasteiger partial charge on any atom is 0.0605 e. The first-order valence-electron chi connectivity index (χ1n) is 5.61. The van der Waals surface area contributed by atoms with Crippen LogP contribution in [-0.4, -0.2) is 24.8 Å². The highest BCUT2D eigenvalue weighted by Gasteiger charge is 2.20. The third-order valence-corrected chi connectivity index (χ3v) is 2.70. The van der Waals surface area contributed by atoms with Crippen LogP contribution in [0.3, 0.4) is 0 Å². The summed E-state index contributed by atoms with van der Waals surface area (Å²) in [5.41, 5.74) is 0. The van der Waals surface area contributed by atoms with E-state index in [1.54, 1.807) is 0 Å². The molecule has 3 atom stereocenters. The quantitative estimate of drug-likeness (QED) is 0.726. The zero-order valence-corrected chi connectivity index (χ0v) is 9.18. The minimum atomic E-state index is 0.445. The lowest BCUT2D eigenvalue weighted by Crippen LogP contribution is -2.40. The Bertz CT molecular complexity index is 138. The van der Waals surface area contributed by atoms with E-state index in [0.717, 1.165) is 6.54 Å². The van der Waals surface area contributed by atoms with Crippen LogP contribution in [0.1, 0.15) is 46.5 Å². The topological polar surface area (TPSA) is 21.3 Å². The number of hydrogen-bond donors (Lipinski definition) is 1. The maximum absolute atomic E-state index is 5.96. The molecule has 0 amide bonds. The van der Waals surface area contributed by atoms with Gasteiger partial charge in [0.05, 0.1) is 12.2 Å². The first kappa shape index (κ1) is 11.0. The Labute approximate surface area is 82.0 Å². The zero-order valence-electron chi connectivity index (χ0n) is 9.18. The molecule has 0 radical (unpaired) electrons. The van der Waals surface area contributed by atoms with E-state index in [-0.39, 0.29) is 0 Å². The molecular formula is C11H23NO. The third-order valence-electron chi connectivity index (χ3n) is 2.70. The van der Waals surface area contributed by atoms with Crippen molar-refractivity contribution in [2.24, 2.45) is 0 Å². The molecule has 0 aromatic rings. The van der Waals surface area contributed by atoms with Crippen LogP contribution in [0, 0.1) is 0 Å². The van der Waals surface area contributed by atoms with E-state index in [4.69, 9.17) is 4.74 Å². The molecule has 13 heavy (non-hydrogen) atoms. The number of ether oxygens (including phenoxy) is 1. The van der Waals surface area contributed by atoms with Crippen molar-refractivity contribution in [2.45, 2.75) is 64.7 Å². The average Bonchev–Trinajstić information content (AvgIpc) is 2.04. The number of piperidine rings is 1. The van der Waals surface area contributed by atoms with E-state index in [1.807, 2.05) is 0 Å². The van der Waals surface area contributed by atoms with E-state index in [1.165, 1.54) is 25.7 Å². The Kier molecular flexibility index (Phi) is 4.74. The van der Waals surface area contributed by atoms with Gasteiger partial charge in [-0.3, -0.25) is 0 Å². The molecule has 1 fully saturated rings. The van der Waals surface area contributed by atoms with Gasteiger partial charge < -0.3 is 10.1 Å². The molecule has 1 aliphatic heterocycles. The van der Waals surface area contributed by atoms with Crippen molar-refractivity contribution in [2.75, 3.05) is 6.54 Å². The highest BCUT2D eigenvalue weighted by Crippen LogP contribution is 2.15. The average molecular weight is 185 g/mol. The van der Waals surface area contributed by atoms with Crippen molar-refractivity contribution in [3.05, 3.63) is 0 Å². The molecule has 0 bridgehead atoms. The summed E-state index contributed by atoms with van der Waals surface area (Å²) in [5.74, 6) is 0. The fourth-order valence-corrected chi connectivity index (χ4v) is 2.01. The zero-order chi connectivity index (χ0) is 9.68. The number of rotatable bonds is 4. The smallest absolute Gasteiger partial charge is 0.0605 e. The van der Waals surface area contributed by atoms with Gasteiger partial charge in [-0.15, -0.1) is 0 Å². The predicted octanol–water partition coefficient (Wildman–Crippen LogP) is 2.33. The van der Waals surface area contributed by atoms with E-state index in [0.29, 0.717) is 18.2 Å². The van der Waals surface area contributed by atoms with Crippen molar-refractivity contribution in [3.63, 3.8) is 0 Å². The normalized spacial score (nSPS) is 31.6. The second kappa shape index (κ2) is 5.61. The monoisotopic (exact) mass is 185 g/mol. The van der Waals surface area contributed by atoms with Gasteiger partial charge in [0.2, 0.25) is 0 Å². The maximum atomic E-state index is 5.96. The Morgan fingerprint density at radius 3 is 2.92 bits per heavy atom. The van der Waals surface area contributed by atoms with E-state index < -0.39 is 0 Å². The fraction of sp³-hybridized carbons (Fsp3) is 1.00. The standard InChI is InChI=1S/C11H23NO/c1-4-5-10(3)13-11-6-7-12-9(2)8-11/h9-12H,4-8H2,1-3H3. The molecule has 1 heterocycles. The molecular weight excluding hydrogens is 162 g/mol. The molecule has 0 saturated carbocycles. The van der Waals surface area contributed by atoms with Gasteiger partial charge in [-0.1, -0.05) is 13.3 Å². The van der Waals surface area contributed by atoms with Crippen LogP contribution in [0.25, 0.3) is 0 Å². The summed E-state index contributed by atoms with van der Waals surface area (Å²) >= 11 is 0. The number of hydrogen-bond acceptors (Lipinski definition) is 2. The molecule has 1 aliphatic rings. The van der Waals surface area contributed by atoms with Crippen LogP contribution in [0.15, 0.2) is 0 Å². The summed E-state index contributed by atoms with van der Waals surface area (Å²) in [6, 6.07) is 0.632. The highest BCUT2D eigenvalue weighted by atomic mass is 16.5. The lowest BCUT2D eigenvalue weighted by atomic mass is 10.0. The SMILES string of the molecule is CCCC(C)OC1CCNC(C)C1. The Hall–Kier alpha value is -0.0800. The van der Waals surface area contributed by atoms with Crippen LogP contribution < -0.4 is 5.32 Å². The summed E-state index contributed by atoms with van der Waals surface area (Å²) in [4.78, 5) is 0. The molecule has 78 valence electrons. The molecule has 2 nitrogen and oxygen atoms in total. The van der Waals surface area contributed by atoms with Crippen molar-refractivity contribution >= 4 is 0 Å². The first-order chi connectivity index (χ1) is 6.22.